The number of benzene rings is 1. The van der Waals surface area contributed by atoms with Gasteiger partial charge in [0.2, 0.25) is 0 Å². The van der Waals surface area contributed by atoms with E-state index in [0.29, 0.717) is 24.9 Å². The van der Waals surface area contributed by atoms with Crippen LogP contribution in [0.25, 0.3) is 11.0 Å². The quantitative estimate of drug-likeness (QED) is 0.678. The molecule has 2 heterocycles. The number of furan rings is 1. The molecule has 0 spiro atoms. The summed E-state index contributed by atoms with van der Waals surface area (Å²) >= 11 is 0. The number of aromatic nitrogens is 1. The van der Waals surface area contributed by atoms with E-state index >= 15 is 0 Å². The number of hydrogen-bond donors (Lipinski definition) is 1. The Labute approximate surface area is 164 Å². The summed E-state index contributed by atoms with van der Waals surface area (Å²) in [4.78, 5) is 15.1. The molecule has 1 saturated carbocycles. The van der Waals surface area contributed by atoms with Crippen LogP contribution < -0.4 is 5.32 Å². The average Bonchev–Trinajstić information content (AvgIpc) is 3.36. The number of carbonyl (C=O) groups excluding carboxylic acids is 1. The molecule has 1 N–H and O–H groups in total. The van der Waals surface area contributed by atoms with E-state index in [9.17, 15) is 4.79 Å². The number of hydrogen-bond acceptors (Lipinski definition) is 4. The van der Waals surface area contributed by atoms with E-state index in [1.54, 1.807) is 6.26 Å². The predicted octanol–water partition coefficient (Wildman–Crippen LogP) is 4.96. The molecule has 4 rings (SSSR count). The standard InChI is InChI=1S/C22H27N3O3/c1-15-7-5-10-20(16(15)2)25(14-17-8-6-12-27-17)22(26)23-13-19-18-9-3-4-11-21(18)28-24-19/h3-4,6,8-9,11-12,15-16,20H,5,7,10,13-14H2,1-2H3,(H,23,26)/t15-,16+,20+/m1/s1. The van der Waals surface area contributed by atoms with Gasteiger partial charge in [-0.3, -0.25) is 0 Å². The summed E-state index contributed by atoms with van der Waals surface area (Å²) in [7, 11) is 0. The molecule has 1 fully saturated rings. The molecule has 1 aromatic carbocycles. The lowest BCUT2D eigenvalue weighted by atomic mass is 9.77. The number of nitrogens with one attached hydrogen (secondary N) is 1. The Balaban J connectivity index is 1.50. The normalized spacial score (nSPS) is 22.3. The van der Waals surface area contributed by atoms with Gasteiger partial charge in [0.25, 0.3) is 0 Å². The lowest BCUT2D eigenvalue weighted by molar-refractivity contribution is 0.0904. The molecule has 0 saturated heterocycles. The van der Waals surface area contributed by atoms with E-state index in [0.717, 1.165) is 35.3 Å². The summed E-state index contributed by atoms with van der Waals surface area (Å²) in [6.45, 7) is 5.34. The smallest absolute Gasteiger partial charge is 0.318 e. The fraction of sp³-hybridized carbons (Fsp3) is 0.455. The molecule has 1 aliphatic rings. The molecular weight excluding hydrogens is 354 g/mol. The van der Waals surface area contributed by atoms with Crippen molar-refractivity contribution in [2.75, 3.05) is 0 Å². The zero-order valence-corrected chi connectivity index (χ0v) is 16.4. The second-order valence-corrected chi connectivity index (χ2v) is 7.83. The topological polar surface area (TPSA) is 71.5 Å². The molecule has 148 valence electrons. The third-order valence-electron chi connectivity index (χ3n) is 6.09. The summed E-state index contributed by atoms with van der Waals surface area (Å²) in [6, 6.07) is 11.6. The van der Waals surface area contributed by atoms with E-state index < -0.39 is 0 Å². The maximum absolute atomic E-state index is 13.2. The summed E-state index contributed by atoms with van der Waals surface area (Å²) in [5, 5.41) is 8.09. The second-order valence-electron chi connectivity index (χ2n) is 7.83. The van der Waals surface area contributed by atoms with Gasteiger partial charge in [-0.15, -0.1) is 0 Å². The largest absolute Gasteiger partial charge is 0.467 e. The average molecular weight is 381 g/mol. The minimum atomic E-state index is -0.0885. The zero-order chi connectivity index (χ0) is 19.5. The SMILES string of the molecule is C[C@H]1[C@H](C)CCC[C@@H]1N(Cc1ccco1)C(=O)NCc1noc2ccccc12. The first-order valence-corrected chi connectivity index (χ1v) is 10.0. The van der Waals surface area contributed by atoms with Crippen LogP contribution in [0.5, 0.6) is 0 Å². The van der Waals surface area contributed by atoms with Crippen LogP contribution in [0.3, 0.4) is 0 Å². The Bertz CT molecular complexity index is 918. The minimum absolute atomic E-state index is 0.0885. The Morgan fingerprint density at radius 1 is 1.21 bits per heavy atom. The van der Waals surface area contributed by atoms with Crippen LogP contribution >= 0.6 is 0 Å². The van der Waals surface area contributed by atoms with Gasteiger partial charge >= 0.3 is 6.03 Å². The number of amides is 2. The zero-order valence-electron chi connectivity index (χ0n) is 16.4. The highest BCUT2D eigenvalue weighted by Crippen LogP contribution is 2.33. The van der Waals surface area contributed by atoms with Crippen LogP contribution in [0, 0.1) is 11.8 Å². The number of urea groups is 1. The van der Waals surface area contributed by atoms with Crippen molar-refractivity contribution in [3.63, 3.8) is 0 Å². The maximum Gasteiger partial charge on any atom is 0.318 e. The van der Waals surface area contributed by atoms with Crippen molar-refractivity contribution in [1.29, 1.82) is 0 Å². The minimum Gasteiger partial charge on any atom is -0.467 e. The van der Waals surface area contributed by atoms with Crippen molar-refractivity contribution in [3.8, 4) is 0 Å². The second kappa shape index (κ2) is 8.09. The maximum atomic E-state index is 13.2. The molecule has 6 nitrogen and oxygen atoms in total. The first-order chi connectivity index (χ1) is 13.6. The Morgan fingerprint density at radius 2 is 2.07 bits per heavy atom. The number of rotatable bonds is 5. The van der Waals surface area contributed by atoms with Gasteiger partial charge in [0.15, 0.2) is 5.58 Å². The molecule has 0 bridgehead atoms. The van der Waals surface area contributed by atoms with E-state index in [2.05, 4.69) is 24.3 Å². The number of fused-ring (bicyclic) bond motifs is 1. The van der Waals surface area contributed by atoms with Gasteiger partial charge in [-0.2, -0.15) is 0 Å². The lowest BCUT2D eigenvalue weighted by Crippen LogP contribution is -2.50. The molecule has 6 heteroatoms. The van der Waals surface area contributed by atoms with Gasteiger partial charge in [0.1, 0.15) is 11.5 Å². The van der Waals surface area contributed by atoms with Crippen LogP contribution in [0.2, 0.25) is 0 Å². The lowest BCUT2D eigenvalue weighted by Gasteiger charge is -2.41. The van der Waals surface area contributed by atoms with Crippen molar-refractivity contribution in [3.05, 3.63) is 54.1 Å². The molecule has 28 heavy (non-hydrogen) atoms. The van der Waals surface area contributed by atoms with E-state index in [1.165, 1.54) is 6.42 Å². The van der Waals surface area contributed by atoms with Crippen molar-refractivity contribution in [1.82, 2.24) is 15.4 Å². The summed E-state index contributed by atoms with van der Waals surface area (Å²) in [5.41, 5.74) is 1.47. The van der Waals surface area contributed by atoms with E-state index in [1.807, 2.05) is 41.3 Å². The van der Waals surface area contributed by atoms with Crippen molar-refractivity contribution in [2.45, 2.75) is 52.2 Å². The van der Waals surface area contributed by atoms with Crippen LogP contribution in [-0.4, -0.2) is 22.1 Å². The van der Waals surface area contributed by atoms with E-state index in [4.69, 9.17) is 8.94 Å². The fourth-order valence-corrected chi connectivity index (χ4v) is 4.23. The summed E-state index contributed by atoms with van der Waals surface area (Å²) < 4.78 is 10.9. The molecule has 2 aromatic heterocycles. The van der Waals surface area contributed by atoms with Crippen LogP contribution in [0.1, 0.15) is 44.6 Å². The number of para-hydroxylation sites is 1. The Morgan fingerprint density at radius 3 is 2.89 bits per heavy atom. The van der Waals surface area contributed by atoms with E-state index in [-0.39, 0.29) is 12.1 Å². The van der Waals surface area contributed by atoms with Crippen molar-refractivity contribution in [2.24, 2.45) is 11.8 Å². The highest BCUT2D eigenvalue weighted by molar-refractivity contribution is 5.80. The van der Waals surface area contributed by atoms with Gasteiger partial charge in [-0.25, -0.2) is 4.79 Å². The molecular formula is C22H27N3O3. The third kappa shape index (κ3) is 3.77. The summed E-state index contributed by atoms with van der Waals surface area (Å²) in [6.07, 6.45) is 5.04. The first-order valence-electron chi connectivity index (χ1n) is 10.0. The highest BCUT2D eigenvalue weighted by Gasteiger charge is 2.34. The van der Waals surface area contributed by atoms with Gasteiger partial charge in [-0.05, 0) is 42.5 Å². The Kier molecular flexibility index (Phi) is 5.37. The molecule has 0 unspecified atom stereocenters. The summed E-state index contributed by atoms with van der Waals surface area (Å²) in [5.74, 6) is 1.85. The monoisotopic (exact) mass is 381 g/mol. The van der Waals surface area contributed by atoms with Gasteiger partial charge in [0, 0.05) is 11.4 Å². The van der Waals surface area contributed by atoms with Gasteiger partial charge in [0.05, 0.1) is 19.4 Å². The van der Waals surface area contributed by atoms with Gasteiger partial charge in [-0.1, -0.05) is 44.0 Å². The third-order valence-corrected chi connectivity index (χ3v) is 6.09. The van der Waals surface area contributed by atoms with Crippen molar-refractivity contribution < 1.29 is 13.7 Å². The fourth-order valence-electron chi connectivity index (χ4n) is 4.23. The molecule has 3 atom stereocenters. The number of carbonyl (C=O) groups is 1. The first kappa shape index (κ1) is 18.6. The molecule has 0 aliphatic heterocycles. The molecule has 3 aromatic rings. The van der Waals surface area contributed by atoms with Crippen LogP contribution in [-0.2, 0) is 13.1 Å². The molecule has 0 radical (unpaired) electrons. The van der Waals surface area contributed by atoms with Gasteiger partial charge < -0.3 is 19.2 Å². The predicted molar refractivity (Wildman–Crippen MR) is 106 cm³/mol. The molecule has 2 amide bonds. The van der Waals surface area contributed by atoms with Crippen LogP contribution in [0.4, 0.5) is 4.79 Å². The van der Waals surface area contributed by atoms with Crippen LogP contribution in [0.15, 0.2) is 51.6 Å². The highest BCUT2D eigenvalue weighted by atomic mass is 16.5. The molecule has 1 aliphatic carbocycles. The Hall–Kier alpha value is -2.76. The number of nitrogens with zero attached hydrogens (tertiary/aromatic N) is 2. The van der Waals surface area contributed by atoms with Crippen molar-refractivity contribution >= 4 is 17.0 Å².